The minimum Gasteiger partial charge on any atom is -0.352 e. The normalized spacial score (nSPS) is 11.6. The molecule has 0 heterocycles. The Balaban J connectivity index is 1.69. The summed E-state index contributed by atoms with van der Waals surface area (Å²) in [4.78, 5) is 25.1. The van der Waals surface area contributed by atoms with Gasteiger partial charge in [-0.25, -0.2) is 4.39 Å². The first-order valence-corrected chi connectivity index (χ1v) is 8.76. The molecule has 0 aliphatic rings. The predicted octanol–water partition coefficient (Wildman–Crippen LogP) is 4.48. The molecule has 1 N–H and O–H groups in total. The molecule has 3 nitrogen and oxygen atoms in total. The Bertz CT molecular complexity index is 936. The predicted molar refractivity (Wildman–Crippen MR) is 103 cm³/mol. The van der Waals surface area contributed by atoms with Crippen molar-refractivity contribution in [3.8, 4) is 0 Å². The van der Waals surface area contributed by atoms with E-state index in [1.807, 2.05) is 24.3 Å². The first-order chi connectivity index (χ1) is 13.0. The van der Waals surface area contributed by atoms with Crippen LogP contribution in [0.15, 0.2) is 78.9 Å². The highest BCUT2D eigenvalue weighted by Gasteiger charge is 2.17. The SMILES string of the molecule is C[C@@H](C(=O)NCc1ccc(F)cc1)c1cccc(C(=O)c2ccccc2)c1. The van der Waals surface area contributed by atoms with Crippen molar-refractivity contribution in [3.05, 3.63) is 107 Å². The topological polar surface area (TPSA) is 46.2 Å². The summed E-state index contributed by atoms with van der Waals surface area (Å²) in [6.45, 7) is 2.12. The van der Waals surface area contributed by atoms with Crippen molar-refractivity contribution in [1.82, 2.24) is 5.32 Å². The fourth-order valence-corrected chi connectivity index (χ4v) is 2.80. The Morgan fingerprint density at radius 3 is 2.26 bits per heavy atom. The van der Waals surface area contributed by atoms with Crippen molar-refractivity contribution in [2.75, 3.05) is 0 Å². The van der Waals surface area contributed by atoms with Crippen LogP contribution in [0.5, 0.6) is 0 Å². The summed E-state index contributed by atoms with van der Waals surface area (Å²) in [5, 5.41) is 2.85. The lowest BCUT2D eigenvalue weighted by Gasteiger charge is -2.14. The summed E-state index contributed by atoms with van der Waals surface area (Å²) in [6, 6.07) is 22.2. The highest BCUT2D eigenvalue weighted by molar-refractivity contribution is 6.09. The molecule has 1 amide bonds. The van der Waals surface area contributed by atoms with Crippen LogP contribution in [0.25, 0.3) is 0 Å². The summed E-state index contributed by atoms with van der Waals surface area (Å²) >= 11 is 0. The minimum atomic E-state index is -0.408. The molecule has 3 aromatic rings. The van der Waals surface area contributed by atoms with Gasteiger partial charge in [0.2, 0.25) is 5.91 Å². The van der Waals surface area contributed by atoms with Gasteiger partial charge in [-0.3, -0.25) is 9.59 Å². The van der Waals surface area contributed by atoms with Gasteiger partial charge in [-0.1, -0.05) is 60.7 Å². The summed E-state index contributed by atoms with van der Waals surface area (Å²) in [6.07, 6.45) is 0. The average Bonchev–Trinajstić information content (AvgIpc) is 2.72. The molecule has 136 valence electrons. The first kappa shape index (κ1) is 18.5. The smallest absolute Gasteiger partial charge is 0.227 e. The highest BCUT2D eigenvalue weighted by atomic mass is 19.1. The number of nitrogens with one attached hydrogen (secondary N) is 1. The fourth-order valence-electron chi connectivity index (χ4n) is 2.80. The van der Waals surface area contributed by atoms with E-state index < -0.39 is 5.92 Å². The second-order valence-electron chi connectivity index (χ2n) is 6.39. The second-order valence-corrected chi connectivity index (χ2v) is 6.39. The van der Waals surface area contributed by atoms with Crippen LogP contribution in [0.2, 0.25) is 0 Å². The van der Waals surface area contributed by atoms with Gasteiger partial charge >= 0.3 is 0 Å². The summed E-state index contributed by atoms with van der Waals surface area (Å²) in [5.74, 6) is -0.938. The van der Waals surface area contributed by atoms with Gasteiger partial charge in [0.1, 0.15) is 5.82 Å². The lowest BCUT2D eigenvalue weighted by molar-refractivity contribution is -0.122. The molecule has 0 aliphatic carbocycles. The largest absolute Gasteiger partial charge is 0.352 e. The molecule has 0 bridgehead atoms. The molecule has 0 fully saturated rings. The maximum absolute atomic E-state index is 12.9. The molecule has 0 aliphatic heterocycles. The Morgan fingerprint density at radius 1 is 0.889 bits per heavy atom. The Labute approximate surface area is 157 Å². The highest BCUT2D eigenvalue weighted by Crippen LogP contribution is 2.19. The van der Waals surface area contributed by atoms with Crippen molar-refractivity contribution in [3.63, 3.8) is 0 Å². The number of benzene rings is 3. The van der Waals surface area contributed by atoms with Crippen LogP contribution in [0, 0.1) is 5.82 Å². The van der Waals surface area contributed by atoms with E-state index in [2.05, 4.69) is 5.32 Å². The number of carbonyl (C=O) groups excluding carboxylic acids is 2. The van der Waals surface area contributed by atoms with Gasteiger partial charge in [0.05, 0.1) is 5.92 Å². The van der Waals surface area contributed by atoms with E-state index in [4.69, 9.17) is 0 Å². The van der Waals surface area contributed by atoms with Crippen LogP contribution in [0.4, 0.5) is 4.39 Å². The maximum Gasteiger partial charge on any atom is 0.227 e. The van der Waals surface area contributed by atoms with E-state index in [0.717, 1.165) is 11.1 Å². The van der Waals surface area contributed by atoms with Gasteiger partial charge in [0, 0.05) is 17.7 Å². The van der Waals surface area contributed by atoms with Crippen molar-refractivity contribution in [2.45, 2.75) is 19.4 Å². The van der Waals surface area contributed by atoms with Crippen LogP contribution in [-0.4, -0.2) is 11.7 Å². The van der Waals surface area contributed by atoms with Crippen LogP contribution in [-0.2, 0) is 11.3 Å². The van der Waals surface area contributed by atoms with Gasteiger partial charge in [-0.05, 0) is 36.2 Å². The van der Waals surface area contributed by atoms with Gasteiger partial charge in [0.25, 0.3) is 0 Å². The molecule has 0 radical (unpaired) electrons. The molecule has 0 spiro atoms. The fraction of sp³-hybridized carbons (Fsp3) is 0.130. The number of hydrogen-bond donors (Lipinski definition) is 1. The van der Waals surface area contributed by atoms with Crippen LogP contribution in [0.3, 0.4) is 0 Å². The summed E-state index contributed by atoms with van der Waals surface area (Å²) < 4.78 is 12.9. The van der Waals surface area contributed by atoms with Crippen molar-refractivity contribution < 1.29 is 14.0 Å². The van der Waals surface area contributed by atoms with Gasteiger partial charge < -0.3 is 5.32 Å². The Kier molecular flexibility index (Phi) is 5.77. The molecular formula is C23H20FNO2. The number of carbonyl (C=O) groups is 2. The average molecular weight is 361 g/mol. The Morgan fingerprint density at radius 2 is 1.56 bits per heavy atom. The molecule has 3 aromatic carbocycles. The molecular weight excluding hydrogens is 341 g/mol. The number of rotatable bonds is 6. The lowest BCUT2D eigenvalue weighted by atomic mass is 9.95. The summed E-state index contributed by atoms with van der Waals surface area (Å²) in [7, 11) is 0. The van der Waals surface area contributed by atoms with E-state index in [0.29, 0.717) is 17.7 Å². The number of halogens is 1. The zero-order chi connectivity index (χ0) is 19.2. The van der Waals surface area contributed by atoms with Crippen LogP contribution >= 0.6 is 0 Å². The maximum atomic E-state index is 12.9. The number of ketones is 1. The zero-order valence-electron chi connectivity index (χ0n) is 15.0. The Hall–Kier alpha value is -3.27. The molecule has 27 heavy (non-hydrogen) atoms. The lowest BCUT2D eigenvalue weighted by Crippen LogP contribution is -2.27. The van der Waals surface area contributed by atoms with Crippen molar-refractivity contribution in [1.29, 1.82) is 0 Å². The standard InChI is InChI=1S/C23H20FNO2/c1-16(23(27)25-15-17-10-12-21(24)13-11-17)19-8-5-9-20(14-19)22(26)18-6-3-2-4-7-18/h2-14,16H,15H2,1H3,(H,25,27)/t16-/m1/s1. The molecule has 1 atom stereocenters. The monoisotopic (exact) mass is 361 g/mol. The van der Waals surface area contributed by atoms with E-state index in [1.165, 1.54) is 12.1 Å². The zero-order valence-corrected chi connectivity index (χ0v) is 15.0. The van der Waals surface area contributed by atoms with Crippen LogP contribution < -0.4 is 5.32 Å². The first-order valence-electron chi connectivity index (χ1n) is 8.76. The molecule has 0 saturated heterocycles. The van der Waals surface area contributed by atoms with Gasteiger partial charge in [0.15, 0.2) is 5.78 Å². The number of amides is 1. The molecule has 0 aromatic heterocycles. The van der Waals surface area contributed by atoms with Crippen molar-refractivity contribution >= 4 is 11.7 Å². The molecule has 0 unspecified atom stereocenters. The van der Waals surface area contributed by atoms with Gasteiger partial charge in [-0.2, -0.15) is 0 Å². The molecule has 3 rings (SSSR count). The number of hydrogen-bond acceptors (Lipinski definition) is 2. The third-order valence-corrected chi connectivity index (χ3v) is 4.46. The summed E-state index contributed by atoms with van der Waals surface area (Å²) in [5.41, 5.74) is 2.76. The molecule has 0 saturated carbocycles. The minimum absolute atomic E-state index is 0.0728. The van der Waals surface area contributed by atoms with E-state index in [9.17, 15) is 14.0 Å². The van der Waals surface area contributed by atoms with E-state index in [-0.39, 0.29) is 17.5 Å². The van der Waals surface area contributed by atoms with Crippen LogP contribution in [0.1, 0.15) is 39.9 Å². The quantitative estimate of drug-likeness (QED) is 0.658. The van der Waals surface area contributed by atoms with E-state index in [1.54, 1.807) is 49.4 Å². The third-order valence-electron chi connectivity index (χ3n) is 4.46. The van der Waals surface area contributed by atoms with Crippen molar-refractivity contribution in [2.24, 2.45) is 0 Å². The van der Waals surface area contributed by atoms with Gasteiger partial charge in [-0.15, -0.1) is 0 Å². The molecule has 4 heteroatoms. The second kappa shape index (κ2) is 8.41. The third kappa shape index (κ3) is 4.67. The van der Waals surface area contributed by atoms with E-state index >= 15 is 0 Å².